The summed E-state index contributed by atoms with van der Waals surface area (Å²) in [5.74, 6) is -0.641. The van der Waals surface area contributed by atoms with Gasteiger partial charge in [-0.25, -0.2) is 4.79 Å². The molecule has 7 nitrogen and oxygen atoms in total. The number of carbonyl (C=O) groups excluding carboxylic acids is 1. The molecule has 3 rings (SSSR count). The van der Waals surface area contributed by atoms with E-state index in [2.05, 4.69) is 5.10 Å². The first-order valence-electron chi connectivity index (χ1n) is 8.64. The Hall–Kier alpha value is -1.89. The Morgan fingerprint density at radius 1 is 1.38 bits per heavy atom. The zero-order valence-electron chi connectivity index (χ0n) is 14.3. The first kappa shape index (κ1) is 17.0. The number of carbonyl (C=O) groups is 2. The molecule has 0 radical (unpaired) electrons. The number of likely N-dealkylation sites (tertiary alicyclic amines) is 1. The zero-order chi connectivity index (χ0) is 17.3. The fourth-order valence-corrected chi connectivity index (χ4v) is 3.50. The first-order valence-corrected chi connectivity index (χ1v) is 8.64. The fraction of sp³-hybridized carbons (Fsp3) is 0.706. The summed E-state index contributed by atoms with van der Waals surface area (Å²) in [4.78, 5) is 26.2. The smallest absolute Gasteiger partial charge is 0.331 e. The van der Waals surface area contributed by atoms with Crippen LogP contribution in [-0.4, -0.2) is 57.5 Å². The van der Waals surface area contributed by atoms with Crippen molar-refractivity contribution in [3.8, 4) is 0 Å². The maximum atomic E-state index is 12.4. The molecule has 24 heavy (non-hydrogen) atoms. The first-order chi connectivity index (χ1) is 11.4. The van der Waals surface area contributed by atoms with Gasteiger partial charge >= 0.3 is 5.97 Å². The number of aliphatic carboxylic acids is 1. The van der Waals surface area contributed by atoms with E-state index >= 15 is 0 Å². The van der Waals surface area contributed by atoms with Gasteiger partial charge in [0.15, 0.2) is 5.54 Å². The number of ether oxygens (including phenoxy) is 1. The van der Waals surface area contributed by atoms with Gasteiger partial charge < -0.3 is 14.7 Å². The highest BCUT2D eigenvalue weighted by molar-refractivity contribution is 5.82. The lowest BCUT2D eigenvalue weighted by atomic mass is 9.87. The second-order valence-electron chi connectivity index (χ2n) is 7.00. The van der Waals surface area contributed by atoms with Crippen molar-refractivity contribution >= 4 is 11.9 Å². The minimum absolute atomic E-state index is 0.00479. The predicted molar refractivity (Wildman–Crippen MR) is 86.7 cm³/mol. The summed E-state index contributed by atoms with van der Waals surface area (Å²) >= 11 is 0. The number of hydrogen-bond acceptors (Lipinski definition) is 4. The number of piperidine rings is 1. The molecule has 7 heteroatoms. The molecular weight excluding hydrogens is 310 g/mol. The van der Waals surface area contributed by atoms with E-state index in [0.717, 1.165) is 18.5 Å². The second kappa shape index (κ2) is 6.55. The van der Waals surface area contributed by atoms with Gasteiger partial charge in [0.2, 0.25) is 0 Å². The largest absolute Gasteiger partial charge is 0.479 e. The minimum Gasteiger partial charge on any atom is -0.479 e. The van der Waals surface area contributed by atoms with Crippen LogP contribution in [0.15, 0.2) is 12.3 Å². The molecule has 1 amide bonds. The summed E-state index contributed by atoms with van der Waals surface area (Å²) < 4.78 is 7.04. The Labute approximate surface area is 141 Å². The Balaban J connectivity index is 1.74. The van der Waals surface area contributed by atoms with Crippen LogP contribution in [-0.2, 0) is 19.9 Å². The maximum Gasteiger partial charge on any atom is 0.331 e. The molecule has 0 aromatic carbocycles. The normalized spacial score (nSPS) is 23.6. The highest BCUT2D eigenvalue weighted by atomic mass is 16.5. The van der Waals surface area contributed by atoms with Crippen LogP contribution in [0.1, 0.15) is 51.1 Å². The van der Waals surface area contributed by atoms with Gasteiger partial charge in [-0.1, -0.05) is 13.8 Å². The monoisotopic (exact) mass is 335 g/mol. The number of aromatic nitrogens is 2. The van der Waals surface area contributed by atoms with Gasteiger partial charge in [-0.2, -0.15) is 5.10 Å². The molecule has 1 atom stereocenters. The van der Waals surface area contributed by atoms with Gasteiger partial charge in [0.25, 0.3) is 5.91 Å². The van der Waals surface area contributed by atoms with E-state index in [1.807, 2.05) is 19.9 Å². The van der Waals surface area contributed by atoms with Gasteiger partial charge in [0, 0.05) is 38.7 Å². The molecule has 3 heterocycles. The van der Waals surface area contributed by atoms with Crippen LogP contribution in [0.2, 0.25) is 0 Å². The summed E-state index contributed by atoms with van der Waals surface area (Å²) in [6, 6.07) is 1.87. The summed E-state index contributed by atoms with van der Waals surface area (Å²) in [6.45, 7) is 5.53. The molecule has 1 N–H and O–H groups in total. The topological polar surface area (TPSA) is 84.7 Å². The van der Waals surface area contributed by atoms with E-state index in [-0.39, 0.29) is 17.9 Å². The molecule has 0 spiro atoms. The quantitative estimate of drug-likeness (QED) is 0.903. The number of hydrogen-bond donors (Lipinski definition) is 1. The zero-order valence-corrected chi connectivity index (χ0v) is 14.3. The van der Waals surface area contributed by atoms with Crippen LogP contribution in [0.5, 0.6) is 0 Å². The van der Waals surface area contributed by atoms with E-state index in [4.69, 9.17) is 4.74 Å². The van der Waals surface area contributed by atoms with E-state index in [1.54, 1.807) is 15.8 Å². The number of carboxylic acid groups (broad SMARTS) is 1. The summed E-state index contributed by atoms with van der Waals surface area (Å²) in [5, 5.41) is 14.3. The summed E-state index contributed by atoms with van der Waals surface area (Å²) in [7, 11) is 0. The SMILES string of the molecule is CC(C)c1ccn(C2(C(=O)O)CCN(C(=O)[C@@H]3CCCO3)CC2)n1. The summed E-state index contributed by atoms with van der Waals surface area (Å²) in [5.41, 5.74) is -0.186. The van der Waals surface area contributed by atoms with Crippen LogP contribution in [0.3, 0.4) is 0 Å². The van der Waals surface area contributed by atoms with E-state index in [9.17, 15) is 14.7 Å². The van der Waals surface area contributed by atoms with Crippen molar-refractivity contribution in [3.63, 3.8) is 0 Å². The molecule has 132 valence electrons. The third-order valence-corrected chi connectivity index (χ3v) is 5.15. The van der Waals surface area contributed by atoms with Crippen LogP contribution in [0, 0.1) is 0 Å². The lowest BCUT2D eigenvalue weighted by Crippen LogP contribution is -2.54. The Morgan fingerprint density at radius 3 is 2.58 bits per heavy atom. The Kier molecular flexibility index (Phi) is 4.62. The number of rotatable bonds is 4. The molecule has 0 aliphatic carbocycles. The highest BCUT2D eigenvalue weighted by Gasteiger charge is 2.45. The third kappa shape index (κ3) is 2.92. The number of amides is 1. The number of nitrogens with zero attached hydrogens (tertiary/aromatic N) is 3. The van der Waals surface area contributed by atoms with Crippen molar-refractivity contribution in [2.24, 2.45) is 0 Å². The van der Waals surface area contributed by atoms with Crippen molar-refractivity contribution in [2.45, 2.75) is 57.1 Å². The predicted octanol–water partition coefficient (Wildman–Crippen LogP) is 1.59. The average molecular weight is 335 g/mol. The molecule has 2 aliphatic heterocycles. The lowest BCUT2D eigenvalue weighted by Gasteiger charge is -2.39. The van der Waals surface area contributed by atoms with E-state index < -0.39 is 11.5 Å². The van der Waals surface area contributed by atoms with Crippen molar-refractivity contribution in [1.29, 1.82) is 0 Å². The van der Waals surface area contributed by atoms with Crippen LogP contribution in [0.4, 0.5) is 0 Å². The molecule has 0 bridgehead atoms. The molecule has 0 unspecified atom stereocenters. The number of carboxylic acids is 1. The molecule has 1 aromatic heterocycles. The Bertz CT molecular complexity index is 611. The second-order valence-corrected chi connectivity index (χ2v) is 7.00. The standard InChI is InChI=1S/C17H25N3O4/c1-12(2)13-5-8-20(18-13)17(16(22)23)6-9-19(10-7-17)15(21)14-4-3-11-24-14/h5,8,12,14H,3-4,6-7,9-11H2,1-2H3,(H,22,23)/t14-/m0/s1. The van der Waals surface area contributed by atoms with Gasteiger partial charge in [-0.05, 0) is 24.8 Å². The van der Waals surface area contributed by atoms with Gasteiger partial charge in [-0.3, -0.25) is 9.48 Å². The van der Waals surface area contributed by atoms with Crippen molar-refractivity contribution in [2.75, 3.05) is 19.7 Å². The van der Waals surface area contributed by atoms with Gasteiger partial charge in [0.05, 0.1) is 5.69 Å². The molecule has 0 saturated carbocycles. The minimum atomic E-state index is -1.07. The third-order valence-electron chi connectivity index (χ3n) is 5.15. The highest BCUT2D eigenvalue weighted by Crippen LogP contribution is 2.32. The van der Waals surface area contributed by atoms with Gasteiger partial charge in [0.1, 0.15) is 6.10 Å². The summed E-state index contributed by atoms with van der Waals surface area (Å²) in [6.07, 6.45) is 3.80. The van der Waals surface area contributed by atoms with Crippen molar-refractivity contribution in [1.82, 2.24) is 14.7 Å². The van der Waals surface area contributed by atoms with Gasteiger partial charge in [-0.15, -0.1) is 0 Å². The lowest BCUT2D eigenvalue weighted by molar-refractivity contribution is -0.155. The molecule has 2 aliphatic rings. The molecule has 2 saturated heterocycles. The Morgan fingerprint density at radius 2 is 2.08 bits per heavy atom. The average Bonchev–Trinajstić information content (AvgIpc) is 3.25. The fourth-order valence-electron chi connectivity index (χ4n) is 3.50. The van der Waals surface area contributed by atoms with Crippen LogP contribution < -0.4 is 0 Å². The van der Waals surface area contributed by atoms with Crippen molar-refractivity contribution in [3.05, 3.63) is 18.0 Å². The van der Waals surface area contributed by atoms with Crippen LogP contribution >= 0.6 is 0 Å². The molecule has 2 fully saturated rings. The molecular formula is C17H25N3O4. The van der Waals surface area contributed by atoms with E-state index in [0.29, 0.717) is 32.5 Å². The molecule has 1 aromatic rings. The maximum absolute atomic E-state index is 12.4. The van der Waals surface area contributed by atoms with Crippen LogP contribution in [0.25, 0.3) is 0 Å². The van der Waals surface area contributed by atoms with E-state index in [1.165, 1.54) is 0 Å². The van der Waals surface area contributed by atoms with Crippen molar-refractivity contribution < 1.29 is 19.4 Å².